The minimum Gasteiger partial charge on any atom is -0.337 e. The number of benzene rings is 2. The number of aryl methyl sites for hydroxylation is 1. The molecule has 1 aromatic heterocycles. The Kier molecular flexibility index (Phi) is 5.17. The fraction of sp³-hybridized carbons (Fsp3) is 0.0952. The van der Waals surface area contributed by atoms with Crippen molar-refractivity contribution >= 4 is 63.1 Å². The number of para-hydroxylation sites is 1. The molecule has 3 aromatic rings. The van der Waals surface area contributed by atoms with Crippen LogP contribution in [0.2, 0.25) is 5.02 Å². The van der Waals surface area contributed by atoms with Crippen molar-refractivity contribution in [2.24, 2.45) is 0 Å². The van der Waals surface area contributed by atoms with Gasteiger partial charge in [-0.3, -0.25) is 19.7 Å². The number of hydrogen-bond acceptors (Lipinski definition) is 4. The molecule has 4 rings (SSSR count). The van der Waals surface area contributed by atoms with Gasteiger partial charge in [-0.2, -0.15) is 0 Å². The Bertz CT molecular complexity index is 1200. The number of carbonyl (C=O) groups is 3. The summed E-state index contributed by atoms with van der Waals surface area (Å²) in [5.41, 5.74) is 3.20. The average Bonchev–Trinajstić information content (AvgIpc) is 3.18. The summed E-state index contributed by atoms with van der Waals surface area (Å²) >= 11 is 6.89. The number of imide groups is 1. The molecule has 8 heteroatoms. The lowest BCUT2D eigenvalue weighted by Crippen LogP contribution is -2.18. The fourth-order valence-corrected chi connectivity index (χ4v) is 4.00. The number of nitrogens with one attached hydrogen (secondary N) is 2. The topological polar surface area (TPSA) is 80.2 Å². The first-order valence-electron chi connectivity index (χ1n) is 8.79. The van der Waals surface area contributed by atoms with E-state index in [1.54, 1.807) is 24.4 Å². The highest BCUT2D eigenvalue weighted by atomic mass is 35.5. The largest absolute Gasteiger partial charge is 0.337 e. The van der Waals surface area contributed by atoms with Crippen LogP contribution in [0.4, 0.5) is 10.5 Å². The molecule has 0 radical (unpaired) electrons. The van der Waals surface area contributed by atoms with Gasteiger partial charge in [0.2, 0.25) is 5.91 Å². The summed E-state index contributed by atoms with van der Waals surface area (Å²) in [5.74, 6) is -0.607. The second-order valence-corrected chi connectivity index (χ2v) is 8.04. The van der Waals surface area contributed by atoms with E-state index in [-0.39, 0.29) is 17.7 Å². The number of thioether (sulfide) groups is 1. The maximum Gasteiger partial charge on any atom is 0.290 e. The minimum atomic E-state index is -0.411. The molecule has 0 unspecified atom stereocenters. The summed E-state index contributed by atoms with van der Waals surface area (Å²) in [6.07, 6.45) is 3.47. The standard InChI is InChI=1S/C21H16ClN3O3S/c1-12-6-7-14(22)9-16(12)23-19(26)11-25-10-13(15-4-2-3-5-17(15)25)8-18-20(27)24-21(28)29-18/h2-10H,11H2,1H3,(H,23,26)(H,24,27,28)/b18-8-. The Hall–Kier alpha value is -3.03. The van der Waals surface area contributed by atoms with E-state index in [0.29, 0.717) is 15.6 Å². The molecule has 0 spiro atoms. The van der Waals surface area contributed by atoms with Crippen LogP contribution >= 0.6 is 23.4 Å². The van der Waals surface area contributed by atoms with E-state index in [4.69, 9.17) is 11.6 Å². The molecule has 2 heterocycles. The first-order valence-corrected chi connectivity index (χ1v) is 9.99. The summed E-state index contributed by atoms with van der Waals surface area (Å²) in [4.78, 5) is 36.3. The van der Waals surface area contributed by atoms with Crippen molar-refractivity contribution < 1.29 is 14.4 Å². The summed E-state index contributed by atoms with van der Waals surface area (Å²) < 4.78 is 1.82. The monoisotopic (exact) mass is 425 g/mol. The third kappa shape index (κ3) is 4.06. The van der Waals surface area contributed by atoms with Gasteiger partial charge in [-0.25, -0.2) is 0 Å². The smallest absolute Gasteiger partial charge is 0.290 e. The molecule has 0 atom stereocenters. The molecule has 29 heavy (non-hydrogen) atoms. The molecule has 146 valence electrons. The molecule has 1 aliphatic rings. The quantitative estimate of drug-likeness (QED) is 0.600. The minimum absolute atomic E-state index is 0.0912. The number of aromatic nitrogens is 1. The SMILES string of the molecule is Cc1ccc(Cl)cc1NC(=O)Cn1cc(/C=C2\SC(=O)NC2=O)c2ccccc21. The van der Waals surface area contributed by atoms with E-state index in [9.17, 15) is 14.4 Å². The lowest BCUT2D eigenvalue weighted by molar-refractivity contribution is -0.117. The molecule has 2 aromatic carbocycles. The zero-order valence-electron chi connectivity index (χ0n) is 15.4. The van der Waals surface area contributed by atoms with Gasteiger partial charge in [-0.05, 0) is 48.5 Å². The van der Waals surface area contributed by atoms with Crippen LogP contribution in [0.3, 0.4) is 0 Å². The van der Waals surface area contributed by atoms with Gasteiger partial charge in [0.1, 0.15) is 6.54 Å². The average molecular weight is 426 g/mol. The van der Waals surface area contributed by atoms with Crippen molar-refractivity contribution in [1.29, 1.82) is 0 Å². The third-order valence-electron chi connectivity index (χ3n) is 4.54. The van der Waals surface area contributed by atoms with Crippen molar-refractivity contribution in [2.45, 2.75) is 13.5 Å². The molecular weight excluding hydrogens is 410 g/mol. The van der Waals surface area contributed by atoms with Gasteiger partial charge in [-0.15, -0.1) is 0 Å². The Labute approximate surface area is 175 Å². The maximum atomic E-state index is 12.6. The zero-order chi connectivity index (χ0) is 20.5. The molecular formula is C21H16ClN3O3S. The molecule has 0 bridgehead atoms. The number of anilines is 1. The number of amides is 3. The zero-order valence-corrected chi connectivity index (χ0v) is 16.9. The van der Waals surface area contributed by atoms with Gasteiger partial charge in [0, 0.05) is 33.4 Å². The highest BCUT2D eigenvalue weighted by Gasteiger charge is 2.25. The van der Waals surface area contributed by atoms with Crippen molar-refractivity contribution in [2.75, 3.05) is 5.32 Å². The number of fused-ring (bicyclic) bond motifs is 1. The van der Waals surface area contributed by atoms with E-state index < -0.39 is 5.91 Å². The second kappa shape index (κ2) is 7.77. The van der Waals surface area contributed by atoms with Crippen LogP contribution in [-0.4, -0.2) is 21.6 Å². The third-order valence-corrected chi connectivity index (χ3v) is 5.58. The van der Waals surface area contributed by atoms with E-state index in [2.05, 4.69) is 10.6 Å². The van der Waals surface area contributed by atoms with E-state index in [1.165, 1.54) is 0 Å². The second-order valence-electron chi connectivity index (χ2n) is 6.59. The molecule has 1 saturated heterocycles. The predicted molar refractivity (Wildman–Crippen MR) is 116 cm³/mol. The Morgan fingerprint density at radius 2 is 2.03 bits per heavy atom. The highest BCUT2D eigenvalue weighted by Crippen LogP contribution is 2.30. The van der Waals surface area contributed by atoms with Gasteiger partial charge in [0.25, 0.3) is 11.1 Å². The van der Waals surface area contributed by atoms with Crippen molar-refractivity contribution in [3.8, 4) is 0 Å². The first kappa shape index (κ1) is 19.3. The fourth-order valence-electron chi connectivity index (χ4n) is 3.16. The summed E-state index contributed by atoms with van der Waals surface area (Å²) in [6.45, 7) is 1.99. The van der Waals surface area contributed by atoms with Gasteiger partial charge in [-0.1, -0.05) is 35.9 Å². The number of carbonyl (C=O) groups excluding carboxylic acids is 3. The first-order chi connectivity index (χ1) is 13.9. The van der Waals surface area contributed by atoms with Crippen LogP contribution in [-0.2, 0) is 16.1 Å². The molecule has 1 aliphatic heterocycles. The van der Waals surface area contributed by atoms with Crippen LogP contribution in [0.1, 0.15) is 11.1 Å². The summed E-state index contributed by atoms with van der Waals surface area (Å²) in [7, 11) is 0. The van der Waals surface area contributed by atoms with Gasteiger partial charge in [0.05, 0.1) is 4.91 Å². The van der Waals surface area contributed by atoms with Crippen LogP contribution in [0.15, 0.2) is 53.6 Å². The van der Waals surface area contributed by atoms with Gasteiger partial charge >= 0.3 is 0 Å². The van der Waals surface area contributed by atoms with E-state index in [0.717, 1.165) is 33.8 Å². The van der Waals surface area contributed by atoms with Crippen LogP contribution in [0, 0.1) is 6.92 Å². The van der Waals surface area contributed by atoms with Crippen molar-refractivity contribution in [3.63, 3.8) is 0 Å². The normalized spacial score (nSPS) is 15.2. The summed E-state index contributed by atoms with van der Waals surface area (Å²) in [5, 5.41) is 6.18. The number of nitrogens with zero attached hydrogens (tertiary/aromatic N) is 1. The Balaban J connectivity index is 1.64. The summed E-state index contributed by atoms with van der Waals surface area (Å²) in [6, 6.07) is 12.9. The lowest BCUT2D eigenvalue weighted by Gasteiger charge is -2.10. The van der Waals surface area contributed by atoms with Gasteiger partial charge < -0.3 is 9.88 Å². The molecule has 1 fully saturated rings. The number of hydrogen-bond donors (Lipinski definition) is 2. The maximum absolute atomic E-state index is 12.6. The molecule has 0 saturated carbocycles. The molecule has 2 N–H and O–H groups in total. The number of rotatable bonds is 4. The van der Waals surface area contributed by atoms with Crippen LogP contribution in [0.25, 0.3) is 17.0 Å². The van der Waals surface area contributed by atoms with Crippen molar-refractivity contribution in [3.05, 3.63) is 69.7 Å². The molecule has 6 nitrogen and oxygen atoms in total. The number of halogens is 1. The highest BCUT2D eigenvalue weighted by molar-refractivity contribution is 8.18. The van der Waals surface area contributed by atoms with Crippen LogP contribution < -0.4 is 10.6 Å². The van der Waals surface area contributed by atoms with Crippen LogP contribution in [0.5, 0.6) is 0 Å². The van der Waals surface area contributed by atoms with E-state index in [1.807, 2.05) is 41.8 Å². The lowest BCUT2D eigenvalue weighted by atomic mass is 10.1. The molecule has 3 amide bonds. The van der Waals surface area contributed by atoms with Gasteiger partial charge in [0.15, 0.2) is 0 Å². The Morgan fingerprint density at radius 3 is 2.79 bits per heavy atom. The van der Waals surface area contributed by atoms with E-state index >= 15 is 0 Å². The molecule has 0 aliphatic carbocycles. The Morgan fingerprint density at radius 1 is 1.24 bits per heavy atom. The predicted octanol–water partition coefficient (Wildman–Crippen LogP) is 4.57. The van der Waals surface area contributed by atoms with Crippen molar-refractivity contribution in [1.82, 2.24) is 9.88 Å².